The number of piperazine rings is 1. The number of benzene rings is 2. The summed E-state index contributed by atoms with van der Waals surface area (Å²) in [7, 11) is 1.64. The lowest BCUT2D eigenvalue weighted by Crippen LogP contribution is -2.48. The Morgan fingerprint density at radius 1 is 1.04 bits per heavy atom. The molecule has 2 aromatic carbocycles. The number of carbonyl (C=O) groups is 1. The van der Waals surface area contributed by atoms with Crippen LogP contribution >= 0.6 is 0 Å². The van der Waals surface area contributed by atoms with Gasteiger partial charge in [-0.3, -0.25) is 9.69 Å². The predicted octanol–water partition coefficient (Wildman–Crippen LogP) is 3.58. The van der Waals surface area contributed by atoms with Crippen molar-refractivity contribution in [2.24, 2.45) is 0 Å². The van der Waals surface area contributed by atoms with Gasteiger partial charge in [-0.25, -0.2) is 0 Å². The maximum absolute atomic E-state index is 13.0. The van der Waals surface area contributed by atoms with Gasteiger partial charge in [-0.15, -0.1) is 0 Å². The lowest BCUT2D eigenvalue weighted by atomic mass is 10.1. The van der Waals surface area contributed by atoms with Gasteiger partial charge in [0.05, 0.1) is 13.7 Å². The molecular formula is C23H30N2O3. The normalized spacial score (nSPS) is 14.9. The number of carbonyl (C=O) groups excluding carboxylic acids is 1. The number of nitrogens with zero attached hydrogens (tertiary/aromatic N) is 2. The second kappa shape index (κ2) is 10.2. The van der Waals surface area contributed by atoms with Crippen LogP contribution in [0.3, 0.4) is 0 Å². The highest BCUT2D eigenvalue weighted by Crippen LogP contribution is 2.22. The molecule has 1 aliphatic rings. The van der Waals surface area contributed by atoms with E-state index in [0.717, 1.165) is 50.5 Å². The molecule has 0 aliphatic carbocycles. The van der Waals surface area contributed by atoms with Crippen LogP contribution in [0.15, 0.2) is 48.5 Å². The molecule has 1 amide bonds. The smallest absolute Gasteiger partial charge is 0.253 e. The van der Waals surface area contributed by atoms with Crippen LogP contribution in [0, 0.1) is 0 Å². The molecule has 28 heavy (non-hydrogen) atoms. The Balaban J connectivity index is 1.59. The Morgan fingerprint density at radius 2 is 1.79 bits per heavy atom. The van der Waals surface area contributed by atoms with E-state index in [0.29, 0.717) is 18.8 Å². The fourth-order valence-electron chi connectivity index (χ4n) is 3.48. The third-order valence-electron chi connectivity index (χ3n) is 5.04. The van der Waals surface area contributed by atoms with E-state index in [1.165, 1.54) is 5.56 Å². The maximum atomic E-state index is 13.0. The van der Waals surface area contributed by atoms with Gasteiger partial charge in [0.25, 0.3) is 5.91 Å². The van der Waals surface area contributed by atoms with E-state index in [1.54, 1.807) is 7.11 Å². The standard InChI is InChI=1S/C23H30N2O3/c1-3-15-28-18-21-16-20(9-10-22(21)27-2)23(26)25-13-11-24(12-14-25)17-19-7-5-4-6-8-19/h4-10,16H,3,11-15,17-18H2,1-2H3. The molecule has 0 spiro atoms. The summed E-state index contributed by atoms with van der Waals surface area (Å²) in [6.07, 6.45) is 0.966. The lowest BCUT2D eigenvalue weighted by Gasteiger charge is -2.35. The van der Waals surface area contributed by atoms with Crippen molar-refractivity contribution in [2.45, 2.75) is 26.5 Å². The summed E-state index contributed by atoms with van der Waals surface area (Å²) in [5.41, 5.74) is 2.94. The van der Waals surface area contributed by atoms with Gasteiger partial charge < -0.3 is 14.4 Å². The highest BCUT2D eigenvalue weighted by molar-refractivity contribution is 5.94. The summed E-state index contributed by atoms with van der Waals surface area (Å²) in [6.45, 7) is 7.46. The maximum Gasteiger partial charge on any atom is 0.253 e. The number of amides is 1. The topological polar surface area (TPSA) is 42.0 Å². The second-order valence-corrected chi connectivity index (χ2v) is 7.13. The Kier molecular flexibility index (Phi) is 7.46. The van der Waals surface area contributed by atoms with E-state index in [2.05, 4.69) is 36.1 Å². The van der Waals surface area contributed by atoms with E-state index in [9.17, 15) is 4.79 Å². The number of hydrogen-bond acceptors (Lipinski definition) is 4. The van der Waals surface area contributed by atoms with Gasteiger partial charge in [-0.1, -0.05) is 37.3 Å². The molecule has 1 heterocycles. The van der Waals surface area contributed by atoms with Crippen LogP contribution in [-0.2, 0) is 17.9 Å². The van der Waals surface area contributed by atoms with Crippen molar-refractivity contribution in [3.05, 3.63) is 65.2 Å². The molecule has 5 heteroatoms. The Morgan fingerprint density at radius 3 is 2.46 bits per heavy atom. The Hall–Kier alpha value is -2.37. The largest absolute Gasteiger partial charge is 0.496 e. The Bertz CT molecular complexity index is 756. The van der Waals surface area contributed by atoms with Gasteiger partial charge in [-0.05, 0) is 30.2 Å². The molecule has 0 bridgehead atoms. The van der Waals surface area contributed by atoms with Gasteiger partial charge >= 0.3 is 0 Å². The predicted molar refractivity (Wildman–Crippen MR) is 111 cm³/mol. The van der Waals surface area contributed by atoms with Crippen molar-refractivity contribution in [1.29, 1.82) is 0 Å². The molecule has 0 radical (unpaired) electrons. The first-order valence-corrected chi connectivity index (χ1v) is 10.0. The number of rotatable bonds is 8. The minimum Gasteiger partial charge on any atom is -0.496 e. The van der Waals surface area contributed by atoms with Crippen molar-refractivity contribution in [2.75, 3.05) is 39.9 Å². The third kappa shape index (κ3) is 5.33. The third-order valence-corrected chi connectivity index (χ3v) is 5.04. The van der Waals surface area contributed by atoms with Crippen LogP contribution < -0.4 is 4.74 Å². The molecule has 150 valence electrons. The van der Waals surface area contributed by atoms with Crippen molar-refractivity contribution in [3.63, 3.8) is 0 Å². The van der Waals surface area contributed by atoms with Gasteiger partial charge in [0, 0.05) is 50.5 Å². The fourth-order valence-corrected chi connectivity index (χ4v) is 3.48. The highest BCUT2D eigenvalue weighted by atomic mass is 16.5. The molecule has 2 aromatic rings. The van der Waals surface area contributed by atoms with E-state index < -0.39 is 0 Å². The molecule has 1 aliphatic heterocycles. The lowest BCUT2D eigenvalue weighted by molar-refractivity contribution is 0.0628. The molecule has 0 N–H and O–H groups in total. The second-order valence-electron chi connectivity index (χ2n) is 7.13. The van der Waals surface area contributed by atoms with Crippen LogP contribution in [0.1, 0.15) is 34.8 Å². The van der Waals surface area contributed by atoms with Crippen LogP contribution in [0.4, 0.5) is 0 Å². The monoisotopic (exact) mass is 382 g/mol. The van der Waals surface area contributed by atoms with E-state index in [1.807, 2.05) is 29.2 Å². The fraction of sp³-hybridized carbons (Fsp3) is 0.435. The molecule has 0 saturated carbocycles. The zero-order valence-corrected chi connectivity index (χ0v) is 16.9. The molecule has 1 fully saturated rings. The molecule has 5 nitrogen and oxygen atoms in total. The molecule has 0 unspecified atom stereocenters. The first-order chi connectivity index (χ1) is 13.7. The number of methoxy groups -OCH3 is 1. The minimum absolute atomic E-state index is 0.0822. The summed E-state index contributed by atoms with van der Waals surface area (Å²) >= 11 is 0. The van der Waals surface area contributed by atoms with Crippen LogP contribution in [-0.4, -0.2) is 55.6 Å². The van der Waals surface area contributed by atoms with Gasteiger partial charge in [-0.2, -0.15) is 0 Å². The van der Waals surface area contributed by atoms with Crippen LogP contribution in [0.25, 0.3) is 0 Å². The summed E-state index contributed by atoms with van der Waals surface area (Å²) in [6, 6.07) is 16.1. The zero-order chi connectivity index (χ0) is 19.8. The first-order valence-electron chi connectivity index (χ1n) is 10.0. The van der Waals surface area contributed by atoms with Crippen molar-refractivity contribution in [1.82, 2.24) is 9.80 Å². The van der Waals surface area contributed by atoms with Gasteiger partial charge in [0.2, 0.25) is 0 Å². The van der Waals surface area contributed by atoms with E-state index in [-0.39, 0.29) is 5.91 Å². The van der Waals surface area contributed by atoms with E-state index in [4.69, 9.17) is 9.47 Å². The average molecular weight is 383 g/mol. The zero-order valence-electron chi connectivity index (χ0n) is 16.9. The van der Waals surface area contributed by atoms with Crippen molar-refractivity contribution in [3.8, 4) is 5.75 Å². The van der Waals surface area contributed by atoms with Gasteiger partial charge in [0.1, 0.15) is 5.75 Å². The number of hydrogen-bond donors (Lipinski definition) is 0. The average Bonchev–Trinajstić information content (AvgIpc) is 2.74. The summed E-state index contributed by atoms with van der Waals surface area (Å²) in [5, 5.41) is 0. The molecular weight excluding hydrogens is 352 g/mol. The van der Waals surface area contributed by atoms with E-state index >= 15 is 0 Å². The molecule has 1 saturated heterocycles. The van der Waals surface area contributed by atoms with Crippen LogP contribution in [0.2, 0.25) is 0 Å². The SMILES string of the molecule is CCCOCc1cc(C(=O)N2CCN(Cc3ccccc3)CC2)ccc1OC. The summed E-state index contributed by atoms with van der Waals surface area (Å²) < 4.78 is 11.1. The number of ether oxygens (including phenoxy) is 2. The molecule has 3 rings (SSSR count). The summed E-state index contributed by atoms with van der Waals surface area (Å²) in [4.78, 5) is 17.3. The van der Waals surface area contributed by atoms with Crippen molar-refractivity contribution < 1.29 is 14.3 Å². The summed E-state index contributed by atoms with van der Waals surface area (Å²) in [5.74, 6) is 0.846. The van der Waals surface area contributed by atoms with Crippen LogP contribution in [0.5, 0.6) is 5.75 Å². The van der Waals surface area contributed by atoms with Crippen molar-refractivity contribution >= 4 is 5.91 Å². The van der Waals surface area contributed by atoms with Gasteiger partial charge in [0.15, 0.2) is 0 Å². The molecule has 0 atom stereocenters. The molecule has 0 aromatic heterocycles. The Labute approximate surface area is 167 Å². The minimum atomic E-state index is 0.0822. The quantitative estimate of drug-likeness (QED) is 0.655. The highest BCUT2D eigenvalue weighted by Gasteiger charge is 2.23. The first kappa shape index (κ1) is 20.4.